The molecule has 0 unspecified atom stereocenters. The van der Waals surface area contributed by atoms with Crippen LogP contribution in [0.2, 0.25) is 0 Å². The quantitative estimate of drug-likeness (QED) is 0.579. The number of likely N-dealkylation sites (tertiary alicyclic amines) is 2. The predicted octanol–water partition coefficient (Wildman–Crippen LogP) is 1.22. The van der Waals surface area contributed by atoms with E-state index in [0.717, 1.165) is 24.9 Å². The number of benzene rings is 1. The summed E-state index contributed by atoms with van der Waals surface area (Å²) in [4.78, 5) is 40.0. The Morgan fingerprint density at radius 3 is 2.60 bits per heavy atom. The maximum absolute atomic E-state index is 12.4. The van der Waals surface area contributed by atoms with Gasteiger partial charge in [-0.2, -0.15) is 0 Å². The summed E-state index contributed by atoms with van der Waals surface area (Å²) in [5.74, 6) is 1.16. The zero-order valence-electron chi connectivity index (χ0n) is 17.8. The molecule has 8 heteroatoms. The fraction of sp³-hybridized carbons (Fsp3) is 0.591. The molecule has 1 atom stereocenters. The molecule has 0 aliphatic carbocycles. The van der Waals surface area contributed by atoms with Crippen LogP contribution in [0.25, 0.3) is 0 Å². The van der Waals surface area contributed by atoms with Crippen LogP contribution in [0.15, 0.2) is 18.2 Å². The van der Waals surface area contributed by atoms with Crippen LogP contribution in [0, 0.1) is 5.92 Å². The number of carbonyl (C=O) groups excluding carboxylic acids is 3. The second kappa shape index (κ2) is 10.3. The Morgan fingerprint density at radius 1 is 1.10 bits per heavy atom. The third-order valence-electron chi connectivity index (χ3n) is 5.78. The van der Waals surface area contributed by atoms with Gasteiger partial charge in [-0.3, -0.25) is 14.4 Å². The van der Waals surface area contributed by atoms with E-state index in [4.69, 9.17) is 9.47 Å². The van der Waals surface area contributed by atoms with Crippen molar-refractivity contribution in [3.8, 4) is 11.5 Å². The van der Waals surface area contributed by atoms with Crippen LogP contribution in [0.4, 0.5) is 0 Å². The largest absolute Gasteiger partial charge is 0.493 e. The first-order valence-corrected chi connectivity index (χ1v) is 10.6. The van der Waals surface area contributed by atoms with Crippen molar-refractivity contribution in [2.24, 2.45) is 5.92 Å². The molecule has 1 aromatic rings. The Kier molecular flexibility index (Phi) is 7.54. The van der Waals surface area contributed by atoms with E-state index in [-0.39, 0.29) is 30.1 Å². The number of nitrogens with one attached hydrogen (secondary N) is 1. The SMILES string of the molecule is COc1ccc(CCN2C[C@@H](C(=O)NCCCN3CCCC3=O)CC2=O)cc1OC. The Hall–Kier alpha value is -2.77. The molecule has 0 saturated carbocycles. The van der Waals surface area contributed by atoms with Crippen molar-refractivity contribution in [2.45, 2.75) is 32.1 Å². The first-order chi connectivity index (χ1) is 14.5. The molecule has 2 heterocycles. The number of amides is 3. The Bertz CT molecular complexity index is 782. The van der Waals surface area contributed by atoms with Crippen molar-refractivity contribution in [3.05, 3.63) is 23.8 Å². The number of carbonyl (C=O) groups is 3. The molecule has 2 fully saturated rings. The molecule has 0 bridgehead atoms. The lowest BCUT2D eigenvalue weighted by molar-refractivity contribution is -0.129. The van der Waals surface area contributed by atoms with E-state index < -0.39 is 0 Å². The third kappa shape index (κ3) is 5.43. The molecule has 1 N–H and O–H groups in total. The van der Waals surface area contributed by atoms with Gasteiger partial charge in [-0.15, -0.1) is 0 Å². The fourth-order valence-electron chi connectivity index (χ4n) is 4.03. The molecule has 0 radical (unpaired) electrons. The fourth-order valence-corrected chi connectivity index (χ4v) is 4.03. The second-order valence-corrected chi connectivity index (χ2v) is 7.81. The van der Waals surface area contributed by atoms with Crippen LogP contribution >= 0.6 is 0 Å². The van der Waals surface area contributed by atoms with Crippen molar-refractivity contribution in [3.63, 3.8) is 0 Å². The molecule has 1 aromatic carbocycles. The number of ether oxygens (including phenoxy) is 2. The van der Waals surface area contributed by atoms with Crippen molar-refractivity contribution in [2.75, 3.05) is 46.9 Å². The minimum absolute atomic E-state index is 0.0123. The summed E-state index contributed by atoms with van der Waals surface area (Å²) in [6, 6.07) is 5.72. The van der Waals surface area contributed by atoms with Gasteiger partial charge in [0.05, 0.1) is 20.1 Å². The summed E-state index contributed by atoms with van der Waals surface area (Å²) >= 11 is 0. The topological polar surface area (TPSA) is 88.2 Å². The lowest BCUT2D eigenvalue weighted by Crippen LogP contribution is -2.35. The van der Waals surface area contributed by atoms with Crippen LogP contribution in [-0.2, 0) is 20.8 Å². The van der Waals surface area contributed by atoms with E-state index in [0.29, 0.717) is 50.5 Å². The number of nitrogens with zero attached hydrogens (tertiary/aromatic N) is 2. The molecular weight excluding hydrogens is 386 g/mol. The monoisotopic (exact) mass is 417 g/mol. The van der Waals surface area contributed by atoms with Gasteiger partial charge < -0.3 is 24.6 Å². The average molecular weight is 418 g/mol. The molecule has 30 heavy (non-hydrogen) atoms. The first kappa shape index (κ1) is 21.9. The maximum Gasteiger partial charge on any atom is 0.225 e. The van der Waals surface area contributed by atoms with Gasteiger partial charge >= 0.3 is 0 Å². The average Bonchev–Trinajstić information content (AvgIpc) is 3.34. The Morgan fingerprint density at radius 2 is 1.90 bits per heavy atom. The molecule has 3 amide bonds. The normalized spacial score (nSPS) is 18.8. The van der Waals surface area contributed by atoms with Gasteiger partial charge in [0.1, 0.15) is 0 Å². The Balaban J connectivity index is 1.40. The summed E-state index contributed by atoms with van der Waals surface area (Å²) in [5.41, 5.74) is 1.05. The van der Waals surface area contributed by atoms with E-state index in [1.807, 2.05) is 23.1 Å². The number of rotatable bonds is 10. The lowest BCUT2D eigenvalue weighted by Gasteiger charge is -2.18. The van der Waals surface area contributed by atoms with Gasteiger partial charge in [0.2, 0.25) is 17.7 Å². The van der Waals surface area contributed by atoms with Crippen molar-refractivity contribution in [1.29, 1.82) is 0 Å². The number of methoxy groups -OCH3 is 2. The molecule has 164 valence electrons. The Labute approximate surface area is 177 Å². The predicted molar refractivity (Wildman–Crippen MR) is 111 cm³/mol. The van der Waals surface area contributed by atoms with Crippen molar-refractivity contribution in [1.82, 2.24) is 15.1 Å². The second-order valence-electron chi connectivity index (χ2n) is 7.81. The molecule has 0 spiro atoms. The standard InChI is InChI=1S/C22H31N3O5/c1-29-18-7-6-16(13-19(18)30-2)8-12-25-15-17(14-21(25)27)22(28)23-9-4-11-24-10-3-5-20(24)26/h6-7,13,17H,3-5,8-12,14-15H2,1-2H3,(H,23,28)/t17-/m0/s1. The highest BCUT2D eigenvalue weighted by Gasteiger charge is 2.33. The van der Waals surface area contributed by atoms with Crippen LogP contribution in [0.5, 0.6) is 11.5 Å². The molecule has 8 nitrogen and oxygen atoms in total. The van der Waals surface area contributed by atoms with E-state index in [1.54, 1.807) is 19.1 Å². The minimum Gasteiger partial charge on any atom is -0.493 e. The zero-order chi connectivity index (χ0) is 21.5. The van der Waals surface area contributed by atoms with Crippen molar-refractivity contribution < 1.29 is 23.9 Å². The van der Waals surface area contributed by atoms with E-state index in [1.165, 1.54) is 0 Å². The minimum atomic E-state index is -0.309. The van der Waals surface area contributed by atoms with Gasteiger partial charge in [-0.1, -0.05) is 6.07 Å². The summed E-state index contributed by atoms with van der Waals surface area (Å²) < 4.78 is 10.6. The summed E-state index contributed by atoms with van der Waals surface area (Å²) in [5, 5.41) is 2.92. The van der Waals surface area contributed by atoms with Crippen LogP contribution < -0.4 is 14.8 Å². The molecular formula is C22H31N3O5. The molecule has 0 aromatic heterocycles. The maximum atomic E-state index is 12.4. The van der Waals surface area contributed by atoms with Crippen LogP contribution in [-0.4, -0.2) is 74.5 Å². The number of hydrogen-bond donors (Lipinski definition) is 1. The highest BCUT2D eigenvalue weighted by atomic mass is 16.5. The number of hydrogen-bond acceptors (Lipinski definition) is 5. The lowest BCUT2D eigenvalue weighted by atomic mass is 10.1. The van der Waals surface area contributed by atoms with Crippen LogP contribution in [0.3, 0.4) is 0 Å². The molecule has 2 aliphatic rings. The van der Waals surface area contributed by atoms with Gasteiger partial charge in [0, 0.05) is 45.6 Å². The van der Waals surface area contributed by atoms with Gasteiger partial charge in [-0.25, -0.2) is 0 Å². The van der Waals surface area contributed by atoms with Gasteiger partial charge in [-0.05, 0) is 37.0 Å². The summed E-state index contributed by atoms with van der Waals surface area (Å²) in [7, 11) is 3.19. The van der Waals surface area contributed by atoms with Gasteiger partial charge in [0.15, 0.2) is 11.5 Å². The van der Waals surface area contributed by atoms with E-state index >= 15 is 0 Å². The zero-order valence-corrected chi connectivity index (χ0v) is 17.8. The van der Waals surface area contributed by atoms with Crippen LogP contribution in [0.1, 0.15) is 31.2 Å². The highest BCUT2D eigenvalue weighted by Crippen LogP contribution is 2.28. The van der Waals surface area contributed by atoms with Crippen molar-refractivity contribution >= 4 is 17.7 Å². The molecule has 3 rings (SSSR count). The van der Waals surface area contributed by atoms with E-state index in [2.05, 4.69) is 5.32 Å². The summed E-state index contributed by atoms with van der Waals surface area (Å²) in [6.45, 7) is 3.04. The van der Waals surface area contributed by atoms with Gasteiger partial charge in [0.25, 0.3) is 0 Å². The third-order valence-corrected chi connectivity index (χ3v) is 5.78. The smallest absolute Gasteiger partial charge is 0.225 e. The first-order valence-electron chi connectivity index (χ1n) is 10.6. The van der Waals surface area contributed by atoms with E-state index in [9.17, 15) is 14.4 Å². The summed E-state index contributed by atoms with van der Waals surface area (Å²) in [6.07, 6.45) is 3.23. The molecule has 2 aliphatic heterocycles. The highest BCUT2D eigenvalue weighted by molar-refractivity contribution is 5.89. The molecule has 2 saturated heterocycles.